The molecule has 0 aliphatic heterocycles. The van der Waals surface area contributed by atoms with Gasteiger partial charge in [0.25, 0.3) is 11.6 Å². The van der Waals surface area contributed by atoms with Gasteiger partial charge in [0.2, 0.25) is 0 Å². The average molecular weight is 353 g/mol. The van der Waals surface area contributed by atoms with Crippen LogP contribution in [0.5, 0.6) is 0 Å². The number of hydrogen-bond donors (Lipinski definition) is 1. The van der Waals surface area contributed by atoms with Gasteiger partial charge in [-0.1, -0.05) is 35.3 Å². The van der Waals surface area contributed by atoms with Crippen LogP contribution < -0.4 is 5.32 Å². The Morgan fingerprint density at radius 2 is 1.96 bits per heavy atom. The molecule has 23 heavy (non-hydrogen) atoms. The van der Waals surface area contributed by atoms with Crippen LogP contribution in [0.4, 0.5) is 5.69 Å². The number of rotatable bonds is 5. The van der Waals surface area contributed by atoms with Crippen molar-refractivity contribution in [3.8, 4) is 0 Å². The molecule has 0 atom stereocenters. The van der Waals surface area contributed by atoms with Crippen LogP contribution in [0.15, 0.2) is 36.4 Å². The molecule has 2 aromatic carbocycles. The molecule has 0 radical (unpaired) electrons. The highest BCUT2D eigenvalue weighted by Gasteiger charge is 2.14. The highest BCUT2D eigenvalue weighted by Crippen LogP contribution is 2.21. The summed E-state index contributed by atoms with van der Waals surface area (Å²) in [6.07, 6.45) is 0.537. The van der Waals surface area contributed by atoms with Gasteiger partial charge in [-0.05, 0) is 37.1 Å². The topological polar surface area (TPSA) is 72.2 Å². The van der Waals surface area contributed by atoms with Crippen LogP contribution >= 0.6 is 23.2 Å². The van der Waals surface area contributed by atoms with Crippen molar-refractivity contribution in [1.82, 2.24) is 5.32 Å². The highest BCUT2D eigenvalue weighted by molar-refractivity contribution is 6.35. The van der Waals surface area contributed by atoms with E-state index in [0.717, 1.165) is 5.56 Å². The predicted octanol–water partition coefficient (Wildman–Crippen LogP) is 4.18. The third-order valence-electron chi connectivity index (χ3n) is 3.36. The number of aryl methyl sites for hydroxylation is 1. The van der Waals surface area contributed by atoms with Gasteiger partial charge in [0.15, 0.2) is 0 Å². The third kappa shape index (κ3) is 4.43. The molecule has 0 saturated carbocycles. The Hall–Kier alpha value is -2.11. The maximum absolute atomic E-state index is 12.1. The first kappa shape index (κ1) is 17.2. The number of benzene rings is 2. The summed E-state index contributed by atoms with van der Waals surface area (Å²) < 4.78 is 0. The molecule has 0 bridgehead atoms. The van der Waals surface area contributed by atoms with Gasteiger partial charge in [-0.3, -0.25) is 14.9 Å². The summed E-state index contributed by atoms with van der Waals surface area (Å²) in [6, 6.07) is 9.57. The van der Waals surface area contributed by atoms with Gasteiger partial charge in [-0.15, -0.1) is 0 Å². The van der Waals surface area contributed by atoms with Crippen LogP contribution in [0.25, 0.3) is 0 Å². The van der Waals surface area contributed by atoms with Crippen LogP contribution in [0, 0.1) is 17.0 Å². The lowest BCUT2D eigenvalue weighted by molar-refractivity contribution is -0.385. The van der Waals surface area contributed by atoms with E-state index in [9.17, 15) is 14.9 Å². The number of carbonyl (C=O) groups excluding carboxylic acids is 1. The minimum Gasteiger partial charge on any atom is -0.352 e. The van der Waals surface area contributed by atoms with Crippen molar-refractivity contribution in [3.05, 3.63) is 73.2 Å². The largest absolute Gasteiger partial charge is 0.352 e. The molecule has 0 aromatic heterocycles. The average Bonchev–Trinajstić information content (AvgIpc) is 2.49. The number of nitro groups is 1. The van der Waals surface area contributed by atoms with E-state index in [2.05, 4.69) is 5.32 Å². The van der Waals surface area contributed by atoms with Crippen molar-refractivity contribution in [3.63, 3.8) is 0 Å². The summed E-state index contributed by atoms with van der Waals surface area (Å²) in [5, 5.41) is 14.7. The predicted molar refractivity (Wildman–Crippen MR) is 90.3 cm³/mol. The lowest BCUT2D eigenvalue weighted by Gasteiger charge is -2.08. The quantitative estimate of drug-likeness (QED) is 0.647. The number of hydrogen-bond acceptors (Lipinski definition) is 3. The Kier molecular flexibility index (Phi) is 5.58. The Morgan fingerprint density at radius 1 is 1.22 bits per heavy atom. The lowest BCUT2D eigenvalue weighted by Crippen LogP contribution is -2.25. The first-order valence-corrected chi connectivity index (χ1v) is 7.61. The van der Waals surface area contributed by atoms with Gasteiger partial charge < -0.3 is 5.32 Å². The summed E-state index contributed by atoms with van der Waals surface area (Å²) in [5.74, 6) is -0.363. The zero-order valence-corrected chi connectivity index (χ0v) is 13.8. The molecule has 0 fully saturated rings. The van der Waals surface area contributed by atoms with E-state index in [1.807, 2.05) is 0 Å². The van der Waals surface area contributed by atoms with Gasteiger partial charge in [-0.25, -0.2) is 0 Å². The maximum atomic E-state index is 12.1. The van der Waals surface area contributed by atoms with E-state index in [0.29, 0.717) is 28.6 Å². The van der Waals surface area contributed by atoms with E-state index in [4.69, 9.17) is 23.2 Å². The molecule has 120 valence electrons. The molecule has 1 N–H and O–H groups in total. The molecule has 0 spiro atoms. The van der Waals surface area contributed by atoms with Crippen LogP contribution in [0.3, 0.4) is 0 Å². The summed E-state index contributed by atoms with van der Waals surface area (Å²) in [6.45, 7) is 1.99. The Balaban J connectivity index is 2.00. The molecule has 2 aromatic rings. The van der Waals surface area contributed by atoms with Crippen molar-refractivity contribution in [2.45, 2.75) is 13.3 Å². The van der Waals surface area contributed by atoms with Gasteiger partial charge in [0, 0.05) is 33.8 Å². The number of nitrogens with one attached hydrogen (secondary N) is 1. The third-order valence-corrected chi connectivity index (χ3v) is 3.95. The number of amides is 1. The number of nitro benzene ring substituents is 1. The van der Waals surface area contributed by atoms with Crippen molar-refractivity contribution < 1.29 is 9.72 Å². The fourth-order valence-electron chi connectivity index (χ4n) is 2.08. The molecular weight excluding hydrogens is 339 g/mol. The van der Waals surface area contributed by atoms with E-state index in [1.165, 1.54) is 6.07 Å². The van der Waals surface area contributed by atoms with Gasteiger partial charge in [0.05, 0.1) is 4.92 Å². The van der Waals surface area contributed by atoms with E-state index in [1.54, 1.807) is 37.3 Å². The Morgan fingerprint density at radius 3 is 2.61 bits per heavy atom. The minimum absolute atomic E-state index is 0.0709. The van der Waals surface area contributed by atoms with Crippen molar-refractivity contribution >= 4 is 34.8 Å². The van der Waals surface area contributed by atoms with Gasteiger partial charge in [0.1, 0.15) is 0 Å². The fourth-order valence-corrected chi connectivity index (χ4v) is 2.59. The van der Waals surface area contributed by atoms with Gasteiger partial charge >= 0.3 is 0 Å². The van der Waals surface area contributed by atoms with E-state index < -0.39 is 4.92 Å². The molecule has 5 nitrogen and oxygen atoms in total. The zero-order valence-electron chi connectivity index (χ0n) is 12.3. The molecule has 7 heteroatoms. The van der Waals surface area contributed by atoms with E-state index >= 15 is 0 Å². The second kappa shape index (κ2) is 7.44. The first-order chi connectivity index (χ1) is 10.9. The number of halogens is 2. The Labute approximate surface area is 143 Å². The molecule has 0 heterocycles. The number of nitrogens with zero attached hydrogens (tertiary/aromatic N) is 1. The fraction of sp³-hybridized carbons (Fsp3) is 0.188. The second-order valence-electron chi connectivity index (χ2n) is 5.00. The smallest absolute Gasteiger partial charge is 0.273 e. The summed E-state index contributed by atoms with van der Waals surface area (Å²) in [5.41, 5.74) is 1.56. The molecular formula is C16H14Cl2N2O3. The zero-order chi connectivity index (χ0) is 17.0. The molecule has 0 aliphatic rings. The molecule has 0 aliphatic carbocycles. The van der Waals surface area contributed by atoms with Crippen LogP contribution in [0.2, 0.25) is 10.0 Å². The molecule has 1 amide bonds. The second-order valence-corrected chi connectivity index (χ2v) is 5.84. The Bertz CT molecular complexity index is 763. The SMILES string of the molecule is Cc1ccc(C(=O)NCCc2ccc(Cl)cc2Cl)cc1[N+](=O)[O-]. The normalized spacial score (nSPS) is 10.4. The summed E-state index contributed by atoms with van der Waals surface area (Å²) in [4.78, 5) is 22.5. The van der Waals surface area contributed by atoms with Crippen molar-refractivity contribution in [1.29, 1.82) is 0 Å². The molecule has 0 unspecified atom stereocenters. The van der Waals surface area contributed by atoms with Crippen LogP contribution in [-0.2, 0) is 6.42 Å². The first-order valence-electron chi connectivity index (χ1n) is 6.85. The van der Waals surface area contributed by atoms with Gasteiger partial charge in [-0.2, -0.15) is 0 Å². The van der Waals surface area contributed by atoms with Crippen LogP contribution in [-0.4, -0.2) is 17.4 Å². The highest BCUT2D eigenvalue weighted by atomic mass is 35.5. The van der Waals surface area contributed by atoms with Crippen molar-refractivity contribution in [2.75, 3.05) is 6.54 Å². The van der Waals surface area contributed by atoms with E-state index in [-0.39, 0.29) is 17.2 Å². The summed E-state index contributed by atoms with van der Waals surface area (Å²) >= 11 is 11.9. The maximum Gasteiger partial charge on any atom is 0.273 e. The molecule has 0 saturated heterocycles. The van der Waals surface area contributed by atoms with Crippen molar-refractivity contribution in [2.24, 2.45) is 0 Å². The minimum atomic E-state index is -0.500. The molecule has 2 rings (SSSR count). The lowest BCUT2D eigenvalue weighted by atomic mass is 10.1. The standard InChI is InChI=1S/C16H14Cl2N2O3/c1-10-2-3-12(8-15(10)20(22)23)16(21)19-7-6-11-4-5-13(17)9-14(11)18/h2-5,8-9H,6-7H2,1H3,(H,19,21). The van der Waals surface area contributed by atoms with Crippen LogP contribution in [0.1, 0.15) is 21.5 Å². The number of carbonyl (C=O) groups is 1. The monoisotopic (exact) mass is 352 g/mol. The summed E-state index contributed by atoms with van der Waals surface area (Å²) in [7, 11) is 0.